The third-order valence-electron chi connectivity index (χ3n) is 3.40. The molecule has 0 bridgehead atoms. The number of hydrogen-bond acceptors (Lipinski definition) is 6. The lowest BCUT2D eigenvalue weighted by Crippen LogP contribution is -2.43. The van der Waals surface area contributed by atoms with Gasteiger partial charge in [-0.1, -0.05) is 23.6 Å². The SMILES string of the molecule is C#C[C@]1(CO)O[C@@H](n2ccc(N)nc2=O)[C@H](C=CCl)[C@@H]1O. The highest BCUT2D eigenvalue weighted by Crippen LogP contribution is 2.41. The number of aromatic nitrogens is 2. The molecule has 0 spiro atoms. The fourth-order valence-electron chi connectivity index (χ4n) is 2.27. The summed E-state index contributed by atoms with van der Waals surface area (Å²) in [5.74, 6) is 1.57. The van der Waals surface area contributed by atoms with Gasteiger partial charge in [0.25, 0.3) is 0 Å². The van der Waals surface area contributed by atoms with Crippen molar-refractivity contribution in [1.82, 2.24) is 9.55 Å². The van der Waals surface area contributed by atoms with Crippen LogP contribution < -0.4 is 11.4 Å². The lowest BCUT2D eigenvalue weighted by atomic mass is 9.91. The Morgan fingerprint density at radius 1 is 1.71 bits per heavy atom. The topological polar surface area (TPSA) is 111 Å². The molecule has 0 aromatic carbocycles. The van der Waals surface area contributed by atoms with Crippen molar-refractivity contribution in [3.05, 3.63) is 34.4 Å². The molecule has 1 saturated heterocycles. The minimum absolute atomic E-state index is 0.0598. The van der Waals surface area contributed by atoms with E-state index in [1.54, 1.807) is 0 Å². The van der Waals surface area contributed by atoms with Crippen LogP contribution in [0.1, 0.15) is 6.23 Å². The van der Waals surface area contributed by atoms with Crippen LogP contribution in [0.15, 0.2) is 28.7 Å². The van der Waals surface area contributed by atoms with E-state index in [1.165, 1.54) is 23.9 Å². The second-order valence-corrected chi connectivity index (χ2v) is 4.84. The van der Waals surface area contributed by atoms with Gasteiger partial charge in [0.05, 0.1) is 12.5 Å². The van der Waals surface area contributed by atoms with Gasteiger partial charge in [0.2, 0.25) is 0 Å². The number of anilines is 1. The Kier molecular flexibility index (Phi) is 4.34. The summed E-state index contributed by atoms with van der Waals surface area (Å²) in [6.07, 6.45) is 5.97. The number of rotatable bonds is 3. The first kappa shape index (κ1) is 15.5. The van der Waals surface area contributed by atoms with Gasteiger partial charge < -0.3 is 20.7 Å². The maximum absolute atomic E-state index is 11.9. The molecule has 2 rings (SSSR count). The van der Waals surface area contributed by atoms with Crippen molar-refractivity contribution < 1.29 is 14.9 Å². The Labute approximate surface area is 125 Å². The van der Waals surface area contributed by atoms with Gasteiger partial charge >= 0.3 is 5.69 Å². The molecule has 0 unspecified atom stereocenters. The number of hydrogen-bond donors (Lipinski definition) is 3. The molecule has 1 aliphatic heterocycles. The molecule has 1 aromatic heterocycles. The van der Waals surface area contributed by atoms with Crippen molar-refractivity contribution >= 4 is 17.4 Å². The molecule has 0 aliphatic carbocycles. The molecule has 0 radical (unpaired) electrons. The monoisotopic (exact) mass is 311 g/mol. The summed E-state index contributed by atoms with van der Waals surface area (Å²) in [5.41, 5.74) is 4.34. The fourth-order valence-corrected chi connectivity index (χ4v) is 2.44. The van der Waals surface area contributed by atoms with Crippen LogP contribution >= 0.6 is 11.6 Å². The summed E-state index contributed by atoms with van der Waals surface area (Å²) < 4.78 is 6.70. The highest BCUT2D eigenvalue weighted by molar-refractivity contribution is 6.25. The van der Waals surface area contributed by atoms with E-state index < -0.39 is 36.1 Å². The second-order valence-electron chi connectivity index (χ2n) is 4.58. The van der Waals surface area contributed by atoms with Crippen molar-refractivity contribution in [2.45, 2.75) is 17.9 Å². The molecule has 1 aliphatic rings. The third kappa shape index (κ3) is 2.54. The summed E-state index contributed by atoms with van der Waals surface area (Å²) in [7, 11) is 0. The van der Waals surface area contributed by atoms with Crippen molar-refractivity contribution in [2.75, 3.05) is 12.3 Å². The zero-order chi connectivity index (χ0) is 15.6. The van der Waals surface area contributed by atoms with Crippen LogP contribution in [0.5, 0.6) is 0 Å². The Hall–Kier alpha value is -1.85. The molecule has 1 aromatic rings. The van der Waals surface area contributed by atoms with Gasteiger partial charge in [-0.05, 0) is 6.07 Å². The van der Waals surface area contributed by atoms with E-state index in [0.717, 1.165) is 4.57 Å². The number of nitrogens with zero attached hydrogens (tertiary/aromatic N) is 2. The number of aliphatic hydroxyl groups excluding tert-OH is 2. The normalized spacial score (nSPS) is 32.4. The van der Waals surface area contributed by atoms with E-state index in [2.05, 4.69) is 10.9 Å². The van der Waals surface area contributed by atoms with E-state index in [9.17, 15) is 15.0 Å². The number of nitrogens with two attached hydrogens (primary N) is 1. The minimum Gasteiger partial charge on any atom is -0.392 e. The van der Waals surface area contributed by atoms with Gasteiger partial charge in [0.1, 0.15) is 18.1 Å². The van der Waals surface area contributed by atoms with Gasteiger partial charge in [-0.15, -0.1) is 6.42 Å². The molecule has 7 nitrogen and oxygen atoms in total. The fraction of sp³-hybridized carbons (Fsp3) is 0.385. The van der Waals surface area contributed by atoms with Crippen LogP contribution in [0.25, 0.3) is 0 Å². The smallest absolute Gasteiger partial charge is 0.351 e. The number of halogens is 1. The van der Waals surface area contributed by atoms with Crippen LogP contribution in [0.4, 0.5) is 5.82 Å². The molecule has 21 heavy (non-hydrogen) atoms. The van der Waals surface area contributed by atoms with Crippen molar-refractivity contribution in [1.29, 1.82) is 0 Å². The standard InChI is InChI=1S/C13H14ClN3O4/c1-2-13(7-18)10(19)8(3-5-14)11(21-13)17-6-4-9(15)16-12(17)20/h1,3-6,8,10-11,18-19H,7H2,(H2,15,16,20)/t8-,10+,11-,13-/m1/s1. The van der Waals surface area contributed by atoms with E-state index in [4.69, 9.17) is 28.5 Å². The third-order valence-corrected chi connectivity index (χ3v) is 3.55. The van der Waals surface area contributed by atoms with E-state index in [1.807, 2.05) is 0 Å². The molecule has 112 valence electrons. The van der Waals surface area contributed by atoms with Crippen LogP contribution in [0.3, 0.4) is 0 Å². The molecule has 0 saturated carbocycles. The lowest BCUT2D eigenvalue weighted by molar-refractivity contribution is -0.0916. The van der Waals surface area contributed by atoms with Gasteiger partial charge in [0, 0.05) is 11.7 Å². The van der Waals surface area contributed by atoms with Gasteiger partial charge in [-0.25, -0.2) is 4.79 Å². The number of nitrogen functional groups attached to an aromatic ring is 1. The minimum atomic E-state index is -1.62. The van der Waals surface area contributed by atoms with Crippen molar-refractivity contribution in [2.24, 2.45) is 5.92 Å². The summed E-state index contributed by atoms with van der Waals surface area (Å²) >= 11 is 5.56. The predicted molar refractivity (Wildman–Crippen MR) is 76.2 cm³/mol. The molecule has 2 heterocycles. The molecule has 0 amide bonds. The van der Waals surface area contributed by atoms with Crippen LogP contribution in [0.2, 0.25) is 0 Å². The molecular weight excluding hydrogens is 298 g/mol. The van der Waals surface area contributed by atoms with Crippen LogP contribution in [0, 0.1) is 18.3 Å². The Bertz CT molecular complexity index is 654. The van der Waals surface area contributed by atoms with Gasteiger partial charge in [-0.3, -0.25) is 4.57 Å². The van der Waals surface area contributed by atoms with Gasteiger partial charge in [0.15, 0.2) is 5.60 Å². The summed E-state index contributed by atoms with van der Waals surface area (Å²) in [5, 5.41) is 19.8. The average molecular weight is 312 g/mol. The Morgan fingerprint density at radius 2 is 2.43 bits per heavy atom. The lowest BCUT2D eigenvalue weighted by Gasteiger charge is -2.23. The summed E-state index contributed by atoms with van der Waals surface area (Å²) in [6, 6.07) is 1.41. The highest BCUT2D eigenvalue weighted by atomic mass is 35.5. The number of aliphatic hydroxyl groups is 2. The first-order valence-corrected chi connectivity index (χ1v) is 6.49. The maximum atomic E-state index is 11.9. The van der Waals surface area contributed by atoms with Crippen molar-refractivity contribution in [3.8, 4) is 12.3 Å². The first-order chi connectivity index (χ1) is 9.99. The molecule has 8 heteroatoms. The molecule has 4 atom stereocenters. The first-order valence-electron chi connectivity index (χ1n) is 6.05. The second kappa shape index (κ2) is 5.87. The molecular formula is C13H14ClN3O4. The largest absolute Gasteiger partial charge is 0.392 e. The predicted octanol–water partition coefficient (Wildman–Crippen LogP) is -0.552. The zero-order valence-electron chi connectivity index (χ0n) is 10.9. The summed E-state index contributed by atoms with van der Waals surface area (Å²) in [6.45, 7) is -0.606. The van der Waals surface area contributed by atoms with Gasteiger partial charge in [-0.2, -0.15) is 4.98 Å². The number of ether oxygens (including phenoxy) is 1. The Balaban J connectivity index is 2.51. The van der Waals surface area contributed by atoms with E-state index in [-0.39, 0.29) is 5.82 Å². The average Bonchev–Trinajstić information content (AvgIpc) is 2.74. The van der Waals surface area contributed by atoms with E-state index >= 15 is 0 Å². The summed E-state index contributed by atoms with van der Waals surface area (Å²) in [4.78, 5) is 15.5. The Morgan fingerprint density at radius 3 is 2.95 bits per heavy atom. The van der Waals surface area contributed by atoms with E-state index in [0.29, 0.717) is 0 Å². The molecule has 1 fully saturated rings. The maximum Gasteiger partial charge on any atom is 0.351 e. The van der Waals surface area contributed by atoms with Crippen LogP contribution in [-0.2, 0) is 4.74 Å². The number of terminal acetylenes is 1. The quantitative estimate of drug-likeness (QED) is 0.646. The van der Waals surface area contributed by atoms with Crippen LogP contribution in [-0.4, -0.2) is 38.1 Å². The highest BCUT2D eigenvalue weighted by Gasteiger charge is 2.53. The zero-order valence-corrected chi connectivity index (χ0v) is 11.6. The van der Waals surface area contributed by atoms with Crippen molar-refractivity contribution in [3.63, 3.8) is 0 Å². The molecule has 4 N–H and O–H groups in total.